The van der Waals surface area contributed by atoms with Gasteiger partial charge in [-0.2, -0.15) is 0 Å². The maximum Gasteiger partial charge on any atom is 0.257 e. The molecule has 2 aromatic carbocycles. The summed E-state index contributed by atoms with van der Waals surface area (Å²) in [7, 11) is 0. The Kier molecular flexibility index (Phi) is 2.99. The highest BCUT2D eigenvalue weighted by atomic mass is 16.1. The second kappa shape index (κ2) is 4.81. The molecular formula is C16H14N2O2. The van der Waals surface area contributed by atoms with Crippen molar-refractivity contribution >= 4 is 28.8 Å². The van der Waals surface area contributed by atoms with E-state index in [2.05, 4.69) is 10.6 Å². The summed E-state index contributed by atoms with van der Waals surface area (Å²) in [6, 6.07) is 13.0. The lowest BCUT2D eigenvalue weighted by atomic mass is 10.1. The zero-order valence-corrected chi connectivity index (χ0v) is 11.1. The fourth-order valence-electron chi connectivity index (χ4n) is 2.33. The molecule has 1 aliphatic rings. The predicted molar refractivity (Wildman–Crippen MR) is 78.5 cm³/mol. The van der Waals surface area contributed by atoms with Crippen molar-refractivity contribution in [1.29, 1.82) is 0 Å². The smallest absolute Gasteiger partial charge is 0.257 e. The van der Waals surface area contributed by atoms with E-state index >= 15 is 0 Å². The summed E-state index contributed by atoms with van der Waals surface area (Å²) in [6.07, 6.45) is 0.371. The fraction of sp³-hybridized carbons (Fsp3) is 0.125. The lowest BCUT2D eigenvalue weighted by molar-refractivity contribution is -0.116. The van der Waals surface area contributed by atoms with E-state index in [4.69, 9.17) is 0 Å². The highest BCUT2D eigenvalue weighted by Gasteiger charge is 2.18. The average Bonchev–Trinajstić information content (AvgIpc) is 2.54. The summed E-state index contributed by atoms with van der Waals surface area (Å²) in [5.41, 5.74) is 3.81. The fourth-order valence-corrected chi connectivity index (χ4v) is 2.33. The van der Waals surface area contributed by atoms with Crippen molar-refractivity contribution in [2.75, 3.05) is 10.6 Å². The molecule has 0 bridgehead atoms. The maximum atomic E-state index is 12.2. The number of nitrogens with one attached hydrogen (secondary N) is 2. The van der Waals surface area contributed by atoms with Crippen LogP contribution in [0, 0.1) is 0 Å². The topological polar surface area (TPSA) is 58.2 Å². The van der Waals surface area contributed by atoms with Crippen LogP contribution < -0.4 is 10.6 Å². The molecule has 0 unspecified atom stereocenters. The van der Waals surface area contributed by atoms with Gasteiger partial charge in [-0.3, -0.25) is 9.59 Å². The summed E-state index contributed by atoms with van der Waals surface area (Å²) in [5, 5.41) is 6.13. The predicted octanol–water partition coefficient (Wildman–Crippen LogP) is 3.13. The van der Waals surface area contributed by atoms with Crippen molar-refractivity contribution in [1.82, 2.24) is 0 Å². The number of hydrogen-bond acceptors (Lipinski definition) is 3. The van der Waals surface area contributed by atoms with Crippen molar-refractivity contribution in [2.24, 2.45) is 0 Å². The van der Waals surface area contributed by atoms with Gasteiger partial charge in [0.25, 0.3) is 5.91 Å². The van der Waals surface area contributed by atoms with Crippen molar-refractivity contribution in [3.63, 3.8) is 0 Å². The van der Waals surface area contributed by atoms with Crippen LogP contribution in [0.2, 0.25) is 0 Å². The Balaban J connectivity index is 2.02. The number of benzene rings is 2. The van der Waals surface area contributed by atoms with Gasteiger partial charge in [-0.15, -0.1) is 0 Å². The lowest BCUT2D eigenvalue weighted by Crippen LogP contribution is -2.10. The van der Waals surface area contributed by atoms with Crippen LogP contribution in [0.1, 0.15) is 22.8 Å². The summed E-state index contributed by atoms with van der Waals surface area (Å²) >= 11 is 0. The molecule has 0 saturated heterocycles. The number of Topliss-reactive ketones (excluding diaryl/α,β-unsaturated/α-hetero) is 1. The summed E-state index contributed by atoms with van der Waals surface area (Å²) in [6.45, 7) is 1.55. The molecule has 0 saturated carbocycles. The normalized spacial score (nSPS) is 12.6. The van der Waals surface area contributed by atoms with E-state index in [0.717, 1.165) is 16.9 Å². The molecular weight excluding hydrogens is 252 g/mol. The van der Waals surface area contributed by atoms with Crippen LogP contribution in [0.3, 0.4) is 0 Å². The van der Waals surface area contributed by atoms with E-state index in [-0.39, 0.29) is 11.7 Å². The van der Waals surface area contributed by atoms with Crippen LogP contribution >= 0.6 is 0 Å². The van der Waals surface area contributed by atoms with E-state index in [0.29, 0.717) is 17.7 Å². The van der Waals surface area contributed by atoms with E-state index in [1.165, 1.54) is 0 Å². The van der Waals surface area contributed by atoms with Gasteiger partial charge in [-0.25, -0.2) is 0 Å². The van der Waals surface area contributed by atoms with Crippen LogP contribution in [-0.2, 0) is 11.2 Å². The van der Waals surface area contributed by atoms with Gasteiger partial charge in [0.2, 0.25) is 0 Å². The average molecular weight is 266 g/mol. The number of anilines is 3. The number of para-hydroxylation sites is 1. The van der Waals surface area contributed by atoms with Crippen LogP contribution in [0.25, 0.3) is 0 Å². The van der Waals surface area contributed by atoms with Crippen molar-refractivity contribution in [3.05, 3.63) is 53.6 Å². The van der Waals surface area contributed by atoms with Crippen LogP contribution in [0.4, 0.5) is 17.1 Å². The monoisotopic (exact) mass is 266 g/mol. The number of carbonyl (C=O) groups is 2. The van der Waals surface area contributed by atoms with Crippen LogP contribution in [-0.4, -0.2) is 11.7 Å². The standard InChI is InChI=1S/C16H14N2O2/c1-10(19)8-11-6-7-14-15(9-11)18-16(20)12-4-2-3-5-13(12)17-14/h2-7,9,17H,8H2,1H3,(H,18,20). The molecule has 1 aliphatic heterocycles. The Morgan fingerprint density at radius 1 is 1.00 bits per heavy atom. The third-order valence-corrected chi connectivity index (χ3v) is 3.23. The first kappa shape index (κ1) is 12.4. The van der Waals surface area contributed by atoms with Gasteiger partial charge in [0.05, 0.1) is 22.6 Å². The van der Waals surface area contributed by atoms with E-state index in [9.17, 15) is 9.59 Å². The van der Waals surface area contributed by atoms with Gasteiger partial charge in [0.1, 0.15) is 5.78 Å². The number of hydrogen-bond donors (Lipinski definition) is 2. The summed E-state index contributed by atoms with van der Waals surface area (Å²) in [4.78, 5) is 23.4. The molecule has 1 amide bonds. The molecule has 100 valence electrons. The molecule has 2 aromatic rings. The molecule has 0 spiro atoms. The highest BCUT2D eigenvalue weighted by molar-refractivity contribution is 6.12. The minimum Gasteiger partial charge on any atom is -0.353 e. The Morgan fingerprint density at radius 3 is 2.60 bits per heavy atom. The quantitative estimate of drug-likeness (QED) is 0.878. The molecule has 1 heterocycles. The molecule has 0 atom stereocenters. The third-order valence-electron chi connectivity index (χ3n) is 3.23. The molecule has 0 radical (unpaired) electrons. The number of fused-ring (bicyclic) bond motifs is 2. The Morgan fingerprint density at radius 2 is 1.80 bits per heavy atom. The molecule has 4 heteroatoms. The first-order valence-electron chi connectivity index (χ1n) is 6.43. The van der Waals surface area contributed by atoms with Gasteiger partial charge in [0.15, 0.2) is 0 Å². The largest absolute Gasteiger partial charge is 0.353 e. The Bertz CT molecular complexity index is 707. The van der Waals surface area contributed by atoms with E-state index in [1.807, 2.05) is 36.4 Å². The van der Waals surface area contributed by atoms with E-state index < -0.39 is 0 Å². The maximum absolute atomic E-state index is 12.2. The van der Waals surface area contributed by atoms with Crippen molar-refractivity contribution in [2.45, 2.75) is 13.3 Å². The number of rotatable bonds is 2. The Labute approximate surface area is 116 Å². The molecule has 0 aliphatic carbocycles. The van der Waals surface area contributed by atoms with Gasteiger partial charge in [-0.05, 0) is 36.8 Å². The SMILES string of the molecule is CC(=O)Cc1ccc2c(c1)NC(=O)c1ccccc1N2. The van der Waals surface area contributed by atoms with Gasteiger partial charge in [-0.1, -0.05) is 18.2 Å². The number of amides is 1. The van der Waals surface area contributed by atoms with Crippen LogP contribution in [0.5, 0.6) is 0 Å². The Hall–Kier alpha value is -2.62. The first-order valence-corrected chi connectivity index (χ1v) is 6.43. The second-order valence-electron chi connectivity index (χ2n) is 4.88. The van der Waals surface area contributed by atoms with E-state index in [1.54, 1.807) is 13.0 Å². The molecule has 0 aromatic heterocycles. The summed E-state index contributed by atoms with van der Waals surface area (Å²) < 4.78 is 0. The number of ketones is 1. The van der Waals surface area contributed by atoms with Gasteiger partial charge >= 0.3 is 0 Å². The van der Waals surface area contributed by atoms with Gasteiger partial charge in [0, 0.05) is 6.42 Å². The van der Waals surface area contributed by atoms with Crippen LogP contribution in [0.15, 0.2) is 42.5 Å². The van der Waals surface area contributed by atoms with Crippen molar-refractivity contribution in [3.8, 4) is 0 Å². The minimum absolute atomic E-state index is 0.0983. The zero-order chi connectivity index (χ0) is 14.1. The zero-order valence-electron chi connectivity index (χ0n) is 11.1. The lowest BCUT2D eigenvalue weighted by Gasteiger charge is -2.10. The summed E-state index contributed by atoms with van der Waals surface area (Å²) in [5.74, 6) is -0.0482. The second-order valence-corrected chi connectivity index (χ2v) is 4.88. The molecule has 20 heavy (non-hydrogen) atoms. The number of carbonyl (C=O) groups excluding carboxylic acids is 2. The first-order chi connectivity index (χ1) is 9.63. The molecule has 4 nitrogen and oxygen atoms in total. The third kappa shape index (κ3) is 2.28. The molecule has 2 N–H and O–H groups in total. The molecule has 0 fully saturated rings. The minimum atomic E-state index is -0.146. The van der Waals surface area contributed by atoms with Crippen molar-refractivity contribution < 1.29 is 9.59 Å². The molecule has 3 rings (SSSR count). The highest BCUT2D eigenvalue weighted by Crippen LogP contribution is 2.32. The van der Waals surface area contributed by atoms with Gasteiger partial charge < -0.3 is 10.6 Å².